The SMILES string of the molecule is N[C@@H]1[C@@H](O)[C@H](O)[C@@H](CO[C@H]2O[C@H](CO[C@]3(C(=O)O)C[C@@H](O[C@]4(C(=O)O)C[C@@H](O)[C@@H](O)[C@@H]([C@H](O)CO)O4)[C@@H](O[C@H]4O[C@H]([C@@H](O)CO)[C@@H](O)[C@H](O[C@H]5O[C@H]([C@@H](O)CO[C@H]6O[C@H]([C@@H](O)CO)[C@@H](O)[C@H](O)[C@@H]6O)[C@@H](O)[C@H](O)[C@@H]5O)[C@@H]4O)[C@@H]([C@H](O)CO)O3)[C@@H](O)[C@H](O)[C@H]2N)O[C@@H]1O. The van der Waals surface area contributed by atoms with Crippen LogP contribution in [0.5, 0.6) is 0 Å². The van der Waals surface area contributed by atoms with Gasteiger partial charge >= 0.3 is 11.9 Å². The lowest BCUT2D eigenvalue weighted by atomic mass is 9.89. The summed E-state index contributed by atoms with van der Waals surface area (Å²) in [6, 6.07) is -3.16. The van der Waals surface area contributed by atoms with Gasteiger partial charge in [0, 0.05) is 12.8 Å². The van der Waals surface area contributed by atoms with Crippen molar-refractivity contribution in [2.75, 3.05) is 46.2 Å². The van der Waals surface area contributed by atoms with Gasteiger partial charge in [0.2, 0.25) is 0 Å². The minimum atomic E-state index is -3.46. The first kappa shape index (κ1) is 76.7. The monoisotopic (exact) mass is 1360 g/mol. The van der Waals surface area contributed by atoms with Crippen LogP contribution in [0.15, 0.2) is 0 Å². The molecular weight excluding hydrogens is 1270 g/mol. The number of nitrogens with two attached hydrogens (primary N) is 2. The summed E-state index contributed by atoms with van der Waals surface area (Å²) in [7, 11) is 0. The number of aliphatic hydroxyl groups is 24. The molecule has 7 aliphatic heterocycles. The molecule has 0 bridgehead atoms. The van der Waals surface area contributed by atoms with Crippen LogP contribution in [0.1, 0.15) is 12.8 Å². The van der Waals surface area contributed by atoms with Crippen molar-refractivity contribution in [1.82, 2.24) is 0 Å². The molecule has 0 amide bonds. The van der Waals surface area contributed by atoms with Gasteiger partial charge in [-0.3, -0.25) is 0 Å². The van der Waals surface area contributed by atoms with Crippen molar-refractivity contribution in [2.45, 2.75) is 245 Å². The second kappa shape index (κ2) is 31.9. The lowest BCUT2D eigenvalue weighted by molar-refractivity contribution is -0.406. The predicted octanol–water partition coefficient (Wildman–Crippen LogP) is -18.6. The number of carboxylic acids is 2. The van der Waals surface area contributed by atoms with Crippen molar-refractivity contribution < 1.29 is 204 Å². The Kier molecular flexibility index (Phi) is 26.6. The summed E-state index contributed by atoms with van der Waals surface area (Å²) in [5.74, 6) is -11.4. The molecule has 43 nitrogen and oxygen atoms in total. The molecule has 0 saturated carbocycles. The molecule has 30 N–H and O–H groups in total. The summed E-state index contributed by atoms with van der Waals surface area (Å²) < 4.78 is 73.2. The highest BCUT2D eigenvalue weighted by molar-refractivity contribution is 5.77. The number of carbonyl (C=O) groups is 2. The zero-order chi connectivity index (χ0) is 68.5. The van der Waals surface area contributed by atoms with Crippen molar-refractivity contribution in [2.24, 2.45) is 11.5 Å². The zero-order valence-electron chi connectivity index (χ0n) is 48.1. The second-order valence-corrected chi connectivity index (χ2v) is 23.2. The van der Waals surface area contributed by atoms with Crippen LogP contribution in [0.4, 0.5) is 0 Å². The number of ether oxygens (including phenoxy) is 13. The fourth-order valence-corrected chi connectivity index (χ4v) is 11.4. The third-order valence-corrected chi connectivity index (χ3v) is 16.9. The average molecular weight is 1360 g/mol. The molecule has 0 radical (unpaired) electrons. The Hall–Kier alpha value is -2.62. The fraction of sp³-hybridized carbons (Fsp3) is 0.959. The summed E-state index contributed by atoms with van der Waals surface area (Å²) in [5.41, 5.74) is 11.7. The van der Waals surface area contributed by atoms with Gasteiger partial charge in [0.1, 0.15) is 165 Å². The van der Waals surface area contributed by atoms with Crippen molar-refractivity contribution in [3.63, 3.8) is 0 Å². The van der Waals surface area contributed by atoms with Gasteiger partial charge in [-0.2, -0.15) is 0 Å². The number of carboxylic acid groups (broad SMARTS) is 2. The first-order chi connectivity index (χ1) is 43.1. The Morgan fingerprint density at radius 2 is 0.880 bits per heavy atom. The molecule has 0 aromatic carbocycles. The van der Waals surface area contributed by atoms with Crippen molar-refractivity contribution in [3.8, 4) is 0 Å². The van der Waals surface area contributed by atoms with Crippen LogP contribution in [0.25, 0.3) is 0 Å². The Balaban J connectivity index is 1.20. The molecule has 7 rings (SSSR count). The summed E-state index contributed by atoms with van der Waals surface area (Å²) in [6.07, 6.45) is -77.6. The van der Waals surface area contributed by atoms with Crippen molar-refractivity contribution in [3.05, 3.63) is 0 Å². The van der Waals surface area contributed by atoms with Gasteiger partial charge in [-0.15, -0.1) is 0 Å². The number of hydrogen-bond donors (Lipinski definition) is 28. The predicted molar refractivity (Wildman–Crippen MR) is 276 cm³/mol. The summed E-state index contributed by atoms with van der Waals surface area (Å²) in [5, 5.41) is 279. The molecule has 536 valence electrons. The Labute approximate surface area is 517 Å². The van der Waals surface area contributed by atoms with E-state index in [4.69, 9.17) is 73.0 Å². The summed E-state index contributed by atoms with van der Waals surface area (Å²) in [6.45, 7) is -8.27. The van der Waals surface area contributed by atoms with Crippen molar-refractivity contribution >= 4 is 11.9 Å². The minimum absolute atomic E-state index is 0.779. The minimum Gasteiger partial charge on any atom is -0.477 e. The second-order valence-electron chi connectivity index (χ2n) is 23.2. The van der Waals surface area contributed by atoms with Crippen molar-refractivity contribution in [1.29, 1.82) is 0 Å². The van der Waals surface area contributed by atoms with E-state index in [1.807, 2.05) is 0 Å². The van der Waals surface area contributed by atoms with Crippen LogP contribution in [-0.4, -0.2) is 423 Å². The van der Waals surface area contributed by atoms with Crippen LogP contribution in [0, 0.1) is 0 Å². The van der Waals surface area contributed by atoms with E-state index < -0.39 is 303 Å². The van der Waals surface area contributed by atoms with Gasteiger partial charge in [-0.1, -0.05) is 0 Å². The third kappa shape index (κ3) is 15.9. The van der Waals surface area contributed by atoms with E-state index in [0.717, 1.165) is 0 Å². The Bertz CT molecular complexity index is 2330. The maximum Gasteiger partial charge on any atom is 0.364 e. The largest absolute Gasteiger partial charge is 0.477 e. The molecule has 0 aromatic rings. The molecule has 7 fully saturated rings. The molecule has 0 aliphatic carbocycles. The third-order valence-electron chi connectivity index (χ3n) is 16.9. The van der Waals surface area contributed by atoms with Gasteiger partial charge in [-0.25, -0.2) is 9.59 Å². The van der Waals surface area contributed by atoms with E-state index >= 15 is 0 Å². The number of aliphatic hydroxyl groups excluding tert-OH is 24. The highest BCUT2D eigenvalue weighted by atomic mass is 16.8. The van der Waals surface area contributed by atoms with Gasteiger partial charge < -0.3 is 206 Å². The van der Waals surface area contributed by atoms with Gasteiger partial charge in [0.05, 0.1) is 70.5 Å². The van der Waals surface area contributed by atoms with E-state index in [9.17, 15) is 142 Å². The highest BCUT2D eigenvalue weighted by Crippen LogP contribution is 2.44. The van der Waals surface area contributed by atoms with Crippen LogP contribution in [0.3, 0.4) is 0 Å². The van der Waals surface area contributed by atoms with Crippen LogP contribution < -0.4 is 11.5 Å². The molecule has 7 saturated heterocycles. The average Bonchev–Trinajstić information content (AvgIpc) is 0.750. The van der Waals surface area contributed by atoms with Gasteiger partial charge in [-0.05, 0) is 0 Å². The van der Waals surface area contributed by atoms with E-state index in [1.165, 1.54) is 0 Å². The molecule has 7 aliphatic rings. The highest BCUT2D eigenvalue weighted by Gasteiger charge is 2.64. The molecule has 43 heteroatoms. The van der Waals surface area contributed by atoms with Crippen LogP contribution >= 0.6 is 0 Å². The standard InChI is InChI=1S/C49H84N2O41/c50-19-24(65)22(63)17(83-41(19)75)8-81-42-20(51)25(66)23(64)18(84-42)9-82-48(46(76)77)2-16(90-49(47(78)79)1-10(56)21(62)37(91-49)13(59)5-54)39(38(92-48)14(60)6-55)88-45-33(74)40(32(73)35(86-45)12(58)4-53)89-44-31(72)27(68)29(70)36(87-44)15(61)7-80-43-30(71)26(67)28(69)34(85-43)11(57)3-52/h10-45,52-75H,1-9,50-51H2,(H,76,77)(H,78,79)/t10-,11+,12+,13-,14-,15+,16-,17-,18-,19-,20-,21-,22-,23-,24-,25-,26+,27+,28+,29+,30+,31+,32-,33+,34-,35-,36-,37-,38-,39-,40+,41+,42+,43+,44-,45-,48-,49-/m1/s1. The molecule has 0 unspecified atom stereocenters. The first-order valence-corrected chi connectivity index (χ1v) is 28.7. The lowest BCUT2D eigenvalue weighted by Gasteiger charge is -2.52. The van der Waals surface area contributed by atoms with Crippen LogP contribution in [-0.2, 0) is 71.2 Å². The van der Waals surface area contributed by atoms with E-state index in [2.05, 4.69) is 0 Å². The molecular formula is C49H84N2O41. The first-order valence-electron chi connectivity index (χ1n) is 28.7. The molecule has 7 heterocycles. The topological polar surface area (TPSA) is 732 Å². The number of aliphatic carboxylic acids is 2. The molecule has 92 heavy (non-hydrogen) atoms. The maximum atomic E-state index is 13.7. The lowest BCUT2D eigenvalue weighted by Crippen LogP contribution is -2.70. The fourth-order valence-electron chi connectivity index (χ4n) is 11.4. The molecule has 0 aromatic heterocycles. The Morgan fingerprint density at radius 1 is 0.424 bits per heavy atom. The molecule has 38 atom stereocenters. The maximum absolute atomic E-state index is 13.7. The van der Waals surface area contributed by atoms with Crippen LogP contribution in [0.2, 0.25) is 0 Å². The normalized spacial score (nSPS) is 48.9. The molecule has 0 spiro atoms. The smallest absolute Gasteiger partial charge is 0.364 e. The van der Waals surface area contributed by atoms with E-state index in [0.29, 0.717) is 0 Å². The quantitative estimate of drug-likeness (QED) is 0.0382. The number of rotatable bonds is 26. The van der Waals surface area contributed by atoms with E-state index in [1.54, 1.807) is 0 Å². The summed E-state index contributed by atoms with van der Waals surface area (Å²) >= 11 is 0. The zero-order valence-corrected chi connectivity index (χ0v) is 48.1. The van der Waals surface area contributed by atoms with E-state index in [-0.39, 0.29) is 0 Å². The Morgan fingerprint density at radius 3 is 1.43 bits per heavy atom. The van der Waals surface area contributed by atoms with Gasteiger partial charge in [0.15, 0.2) is 31.5 Å². The van der Waals surface area contributed by atoms with Gasteiger partial charge in [0.25, 0.3) is 11.6 Å². The number of hydrogen-bond acceptors (Lipinski definition) is 41. The summed E-state index contributed by atoms with van der Waals surface area (Å²) in [4.78, 5) is 27.2.